The summed E-state index contributed by atoms with van der Waals surface area (Å²) in [5, 5.41) is 9.72. The van der Waals surface area contributed by atoms with Crippen molar-refractivity contribution in [2.75, 3.05) is 6.54 Å². The number of nitrogens with zero attached hydrogens (tertiary/aromatic N) is 1. The van der Waals surface area contributed by atoms with Crippen LogP contribution in [0.25, 0.3) is 0 Å². The summed E-state index contributed by atoms with van der Waals surface area (Å²) in [5.41, 5.74) is 1.73. The first kappa shape index (κ1) is 18.3. The van der Waals surface area contributed by atoms with Crippen LogP contribution in [0.4, 0.5) is 0 Å². The van der Waals surface area contributed by atoms with Crippen molar-refractivity contribution in [3.63, 3.8) is 0 Å². The number of amides is 1. The second-order valence-electron chi connectivity index (χ2n) is 6.64. The molecule has 0 bridgehead atoms. The van der Waals surface area contributed by atoms with E-state index >= 15 is 0 Å². The van der Waals surface area contributed by atoms with Crippen LogP contribution in [0, 0.1) is 5.92 Å². The first-order valence-electron chi connectivity index (χ1n) is 8.98. The standard InChI is InChI=1S/C19H30N4O/c1-5-14(4)22-18(24)16-9-7-8-15(11-16)12-21-19(20-6-2)23-17-10-13(17)3/h7-9,11,13-14,17H,5-6,10,12H2,1-4H3,(H,22,24)(H2,20,21,23). The molecule has 0 heterocycles. The van der Waals surface area contributed by atoms with Crippen molar-refractivity contribution in [3.8, 4) is 0 Å². The molecule has 1 saturated carbocycles. The summed E-state index contributed by atoms with van der Waals surface area (Å²) in [6.45, 7) is 9.77. The Kier molecular flexibility index (Phi) is 6.64. The molecular formula is C19H30N4O. The number of benzene rings is 1. The zero-order valence-electron chi connectivity index (χ0n) is 15.2. The molecule has 1 aliphatic carbocycles. The molecule has 0 saturated heterocycles. The van der Waals surface area contributed by atoms with Crippen molar-refractivity contribution in [1.29, 1.82) is 0 Å². The molecule has 3 atom stereocenters. The highest BCUT2D eigenvalue weighted by Gasteiger charge is 2.33. The fourth-order valence-corrected chi connectivity index (χ4v) is 2.41. The largest absolute Gasteiger partial charge is 0.357 e. The second kappa shape index (κ2) is 8.71. The van der Waals surface area contributed by atoms with Gasteiger partial charge in [0.1, 0.15) is 0 Å². The third-order valence-corrected chi connectivity index (χ3v) is 4.37. The van der Waals surface area contributed by atoms with E-state index in [4.69, 9.17) is 0 Å². The number of carbonyl (C=O) groups is 1. The molecule has 1 aromatic rings. The van der Waals surface area contributed by atoms with E-state index in [2.05, 4.69) is 41.7 Å². The van der Waals surface area contributed by atoms with Gasteiger partial charge in [0.05, 0.1) is 6.54 Å². The summed E-state index contributed by atoms with van der Waals surface area (Å²) in [6, 6.07) is 8.41. The van der Waals surface area contributed by atoms with E-state index in [0.717, 1.165) is 30.4 Å². The molecule has 132 valence electrons. The first-order valence-corrected chi connectivity index (χ1v) is 8.98. The minimum Gasteiger partial charge on any atom is -0.357 e. The normalized spacial score (nSPS) is 21.1. The van der Waals surface area contributed by atoms with Crippen molar-refractivity contribution in [2.45, 2.75) is 59.2 Å². The van der Waals surface area contributed by atoms with Gasteiger partial charge in [0.25, 0.3) is 5.91 Å². The molecule has 0 radical (unpaired) electrons. The van der Waals surface area contributed by atoms with Crippen LogP contribution in [0.5, 0.6) is 0 Å². The second-order valence-corrected chi connectivity index (χ2v) is 6.64. The van der Waals surface area contributed by atoms with Crippen LogP contribution >= 0.6 is 0 Å². The van der Waals surface area contributed by atoms with Crippen molar-refractivity contribution >= 4 is 11.9 Å². The van der Waals surface area contributed by atoms with E-state index in [-0.39, 0.29) is 11.9 Å². The summed E-state index contributed by atoms with van der Waals surface area (Å²) < 4.78 is 0. The molecule has 5 nitrogen and oxygen atoms in total. The van der Waals surface area contributed by atoms with Gasteiger partial charge >= 0.3 is 0 Å². The van der Waals surface area contributed by atoms with Gasteiger partial charge in [0.15, 0.2) is 5.96 Å². The van der Waals surface area contributed by atoms with Crippen molar-refractivity contribution in [1.82, 2.24) is 16.0 Å². The summed E-state index contributed by atoms with van der Waals surface area (Å²) in [4.78, 5) is 16.9. The van der Waals surface area contributed by atoms with Crippen LogP contribution in [-0.2, 0) is 6.54 Å². The molecular weight excluding hydrogens is 300 g/mol. The average Bonchev–Trinajstić information content (AvgIpc) is 3.27. The predicted molar refractivity (Wildman–Crippen MR) is 99.2 cm³/mol. The zero-order chi connectivity index (χ0) is 17.5. The number of nitrogens with one attached hydrogen (secondary N) is 3. The molecule has 1 aliphatic rings. The maximum atomic E-state index is 12.2. The molecule has 3 unspecified atom stereocenters. The highest BCUT2D eigenvalue weighted by Crippen LogP contribution is 2.28. The van der Waals surface area contributed by atoms with Crippen LogP contribution < -0.4 is 16.0 Å². The van der Waals surface area contributed by atoms with Crippen molar-refractivity contribution in [3.05, 3.63) is 35.4 Å². The van der Waals surface area contributed by atoms with E-state index < -0.39 is 0 Å². The SMILES string of the molecule is CCNC(=NCc1cccc(C(=O)NC(C)CC)c1)NC1CC1C. The Hall–Kier alpha value is -2.04. The van der Waals surface area contributed by atoms with Gasteiger partial charge in [-0.3, -0.25) is 4.79 Å². The molecule has 1 aromatic carbocycles. The van der Waals surface area contributed by atoms with Gasteiger partial charge in [0, 0.05) is 24.2 Å². The lowest BCUT2D eigenvalue weighted by Crippen LogP contribution is -2.39. The van der Waals surface area contributed by atoms with E-state index in [0.29, 0.717) is 18.2 Å². The minimum absolute atomic E-state index is 0.0213. The van der Waals surface area contributed by atoms with Crippen molar-refractivity contribution in [2.24, 2.45) is 10.9 Å². The summed E-state index contributed by atoms with van der Waals surface area (Å²) in [5.74, 6) is 1.55. The van der Waals surface area contributed by atoms with Gasteiger partial charge in [-0.2, -0.15) is 0 Å². The van der Waals surface area contributed by atoms with E-state index in [1.807, 2.05) is 31.2 Å². The number of hydrogen-bond donors (Lipinski definition) is 3. The number of aliphatic imine (C=N–C) groups is 1. The topological polar surface area (TPSA) is 65.5 Å². The lowest BCUT2D eigenvalue weighted by Gasteiger charge is -2.12. The van der Waals surface area contributed by atoms with Gasteiger partial charge in [-0.1, -0.05) is 26.0 Å². The van der Waals surface area contributed by atoms with Crippen LogP contribution in [-0.4, -0.2) is 30.5 Å². The monoisotopic (exact) mass is 330 g/mol. The van der Waals surface area contributed by atoms with Crippen LogP contribution in [0.2, 0.25) is 0 Å². The van der Waals surface area contributed by atoms with Gasteiger partial charge in [0.2, 0.25) is 0 Å². The quantitative estimate of drug-likeness (QED) is 0.532. The third-order valence-electron chi connectivity index (χ3n) is 4.37. The maximum absolute atomic E-state index is 12.2. The molecule has 0 spiro atoms. The molecule has 24 heavy (non-hydrogen) atoms. The lowest BCUT2D eigenvalue weighted by atomic mass is 10.1. The molecule has 0 aliphatic heterocycles. The van der Waals surface area contributed by atoms with Crippen molar-refractivity contribution < 1.29 is 4.79 Å². The predicted octanol–water partition coefficient (Wildman–Crippen LogP) is 2.68. The molecule has 0 aromatic heterocycles. The number of hydrogen-bond acceptors (Lipinski definition) is 2. The van der Waals surface area contributed by atoms with Crippen LogP contribution in [0.15, 0.2) is 29.3 Å². The minimum atomic E-state index is -0.0213. The molecule has 1 fully saturated rings. The Balaban J connectivity index is 1.99. The maximum Gasteiger partial charge on any atom is 0.251 e. The van der Waals surface area contributed by atoms with Gasteiger partial charge in [-0.25, -0.2) is 4.99 Å². The average molecular weight is 330 g/mol. The lowest BCUT2D eigenvalue weighted by molar-refractivity contribution is 0.0939. The highest BCUT2D eigenvalue weighted by molar-refractivity contribution is 5.94. The van der Waals surface area contributed by atoms with Gasteiger partial charge in [-0.15, -0.1) is 0 Å². The number of guanidine groups is 1. The number of carbonyl (C=O) groups excluding carboxylic acids is 1. The fourth-order valence-electron chi connectivity index (χ4n) is 2.41. The number of rotatable bonds is 7. The van der Waals surface area contributed by atoms with Crippen LogP contribution in [0.1, 0.15) is 56.5 Å². The van der Waals surface area contributed by atoms with E-state index in [1.54, 1.807) is 0 Å². The molecule has 1 amide bonds. The van der Waals surface area contributed by atoms with E-state index in [9.17, 15) is 4.79 Å². The summed E-state index contributed by atoms with van der Waals surface area (Å²) in [6.07, 6.45) is 2.13. The first-order chi connectivity index (χ1) is 11.5. The Morgan fingerprint density at radius 2 is 2.12 bits per heavy atom. The Morgan fingerprint density at radius 1 is 1.38 bits per heavy atom. The third kappa shape index (κ3) is 5.55. The Morgan fingerprint density at radius 3 is 2.75 bits per heavy atom. The highest BCUT2D eigenvalue weighted by atomic mass is 16.1. The van der Waals surface area contributed by atoms with Gasteiger partial charge in [-0.05, 0) is 50.3 Å². The van der Waals surface area contributed by atoms with Crippen LogP contribution in [0.3, 0.4) is 0 Å². The summed E-state index contributed by atoms with van der Waals surface area (Å²) >= 11 is 0. The molecule has 5 heteroatoms. The Labute approximate surface area is 145 Å². The zero-order valence-corrected chi connectivity index (χ0v) is 15.2. The Bertz CT molecular complexity index is 584. The van der Waals surface area contributed by atoms with E-state index in [1.165, 1.54) is 6.42 Å². The smallest absolute Gasteiger partial charge is 0.251 e. The summed E-state index contributed by atoms with van der Waals surface area (Å²) in [7, 11) is 0. The molecule has 2 rings (SSSR count). The molecule has 3 N–H and O–H groups in total. The van der Waals surface area contributed by atoms with Gasteiger partial charge < -0.3 is 16.0 Å². The fraction of sp³-hybridized carbons (Fsp3) is 0.579.